The number of ether oxygens (including phenoxy) is 2. The number of para-hydroxylation sites is 1. The Balaban J connectivity index is 1.26. The molecule has 0 saturated carbocycles. The molecule has 0 spiro atoms. The number of aromatic nitrogens is 3. The molecule has 9 nitrogen and oxygen atoms in total. The van der Waals surface area contributed by atoms with E-state index in [-0.39, 0.29) is 30.2 Å². The maximum absolute atomic E-state index is 13.3. The molecule has 10 heteroatoms. The van der Waals surface area contributed by atoms with Crippen molar-refractivity contribution in [2.24, 2.45) is 0 Å². The van der Waals surface area contributed by atoms with Crippen LogP contribution in [-0.4, -0.2) is 27.5 Å². The molecule has 0 bridgehead atoms. The molecular weight excluding hydrogens is 646 g/mol. The third-order valence-electron chi connectivity index (χ3n) is 7.58. The summed E-state index contributed by atoms with van der Waals surface area (Å²) in [5, 5.41) is 10.7. The molecule has 0 radical (unpaired) electrons. The zero-order valence-electron chi connectivity index (χ0n) is 26.6. The SMILES string of the molecule is COc1ccc(Cn2c(C)cc(OCc3ccccc3CNC(=O)Nc3cc(C(C)(C)C)nn3-c3ccccc3)c(Br)c2=O)cc1. The number of anilines is 1. The van der Waals surface area contributed by atoms with E-state index < -0.39 is 0 Å². The van der Waals surface area contributed by atoms with Gasteiger partial charge < -0.3 is 19.4 Å². The van der Waals surface area contributed by atoms with Gasteiger partial charge in [-0.1, -0.05) is 75.4 Å². The smallest absolute Gasteiger partial charge is 0.320 e. The predicted octanol–water partition coefficient (Wildman–Crippen LogP) is 7.36. The van der Waals surface area contributed by atoms with Crippen molar-refractivity contribution < 1.29 is 14.3 Å². The average molecular weight is 685 g/mol. The van der Waals surface area contributed by atoms with Crippen molar-refractivity contribution in [1.29, 1.82) is 0 Å². The van der Waals surface area contributed by atoms with E-state index in [1.165, 1.54) is 0 Å². The molecule has 0 atom stereocenters. The third kappa shape index (κ3) is 7.69. The minimum Gasteiger partial charge on any atom is -0.497 e. The molecule has 0 aliphatic heterocycles. The molecule has 0 aliphatic rings. The van der Waals surface area contributed by atoms with Crippen molar-refractivity contribution in [1.82, 2.24) is 19.7 Å². The second-order valence-electron chi connectivity index (χ2n) is 12.0. The lowest BCUT2D eigenvalue weighted by atomic mass is 9.92. The fourth-order valence-electron chi connectivity index (χ4n) is 4.90. The average Bonchev–Trinajstić information content (AvgIpc) is 3.48. The number of halogens is 1. The van der Waals surface area contributed by atoms with E-state index in [2.05, 4.69) is 47.3 Å². The zero-order chi connectivity index (χ0) is 32.8. The highest BCUT2D eigenvalue weighted by Crippen LogP contribution is 2.27. The number of amides is 2. The molecule has 238 valence electrons. The van der Waals surface area contributed by atoms with E-state index in [9.17, 15) is 9.59 Å². The second-order valence-corrected chi connectivity index (χ2v) is 12.8. The van der Waals surface area contributed by atoms with Crippen molar-refractivity contribution in [3.05, 3.63) is 134 Å². The first-order chi connectivity index (χ1) is 22.0. The maximum atomic E-state index is 13.3. The normalized spacial score (nSPS) is 11.3. The first-order valence-electron chi connectivity index (χ1n) is 15.0. The number of nitrogens with one attached hydrogen (secondary N) is 2. The molecule has 2 amide bonds. The van der Waals surface area contributed by atoms with Crippen LogP contribution in [0.4, 0.5) is 10.6 Å². The van der Waals surface area contributed by atoms with Crippen LogP contribution in [0.25, 0.3) is 5.69 Å². The molecule has 2 N–H and O–H groups in total. The molecule has 0 saturated heterocycles. The van der Waals surface area contributed by atoms with Crippen molar-refractivity contribution in [2.75, 3.05) is 12.4 Å². The monoisotopic (exact) mass is 683 g/mol. The number of rotatable bonds is 10. The number of benzene rings is 3. The van der Waals surface area contributed by atoms with E-state index in [0.717, 1.165) is 39.5 Å². The molecular formula is C36H38BrN5O4. The van der Waals surface area contributed by atoms with Gasteiger partial charge in [0.2, 0.25) is 0 Å². The van der Waals surface area contributed by atoms with Crippen molar-refractivity contribution in [3.8, 4) is 17.2 Å². The lowest BCUT2D eigenvalue weighted by Gasteiger charge is -2.16. The summed E-state index contributed by atoms with van der Waals surface area (Å²) in [5.41, 5.74) is 4.88. The van der Waals surface area contributed by atoms with E-state index >= 15 is 0 Å². The Morgan fingerprint density at radius 3 is 2.28 bits per heavy atom. The maximum Gasteiger partial charge on any atom is 0.320 e. The Morgan fingerprint density at radius 1 is 0.935 bits per heavy atom. The number of methoxy groups -OCH3 is 1. The second kappa shape index (κ2) is 14.1. The Labute approximate surface area is 277 Å². The van der Waals surface area contributed by atoms with Gasteiger partial charge in [-0.25, -0.2) is 9.48 Å². The first kappa shape index (κ1) is 32.6. The van der Waals surface area contributed by atoms with Crippen LogP contribution in [0, 0.1) is 6.92 Å². The number of hydrogen-bond acceptors (Lipinski definition) is 5. The van der Waals surface area contributed by atoms with Gasteiger partial charge >= 0.3 is 6.03 Å². The van der Waals surface area contributed by atoms with Gasteiger partial charge in [0, 0.05) is 29.8 Å². The minimum atomic E-state index is -0.355. The highest BCUT2D eigenvalue weighted by atomic mass is 79.9. The molecule has 0 fully saturated rings. The van der Waals surface area contributed by atoms with Crippen LogP contribution in [-0.2, 0) is 25.1 Å². The molecule has 2 heterocycles. The number of aryl methyl sites for hydroxylation is 1. The molecule has 0 aliphatic carbocycles. The summed E-state index contributed by atoms with van der Waals surface area (Å²) in [4.78, 5) is 26.4. The molecule has 5 aromatic rings. The topological polar surface area (TPSA) is 99.4 Å². The first-order valence-corrected chi connectivity index (χ1v) is 15.8. The summed E-state index contributed by atoms with van der Waals surface area (Å²) in [7, 11) is 1.62. The number of hydrogen-bond donors (Lipinski definition) is 2. The number of pyridine rings is 1. The summed E-state index contributed by atoms with van der Waals surface area (Å²) in [5.74, 6) is 1.80. The minimum absolute atomic E-state index is 0.179. The molecule has 2 aromatic heterocycles. The number of urea groups is 1. The van der Waals surface area contributed by atoms with Crippen LogP contribution >= 0.6 is 15.9 Å². The Kier molecular flexibility index (Phi) is 9.96. The van der Waals surface area contributed by atoms with Crippen LogP contribution in [0.2, 0.25) is 0 Å². The summed E-state index contributed by atoms with van der Waals surface area (Å²) in [6.07, 6.45) is 0. The van der Waals surface area contributed by atoms with Crippen LogP contribution in [0.5, 0.6) is 11.5 Å². The van der Waals surface area contributed by atoms with Crippen molar-refractivity contribution >= 4 is 27.8 Å². The van der Waals surface area contributed by atoms with Crippen LogP contribution in [0.3, 0.4) is 0 Å². The summed E-state index contributed by atoms with van der Waals surface area (Å²) in [6, 6.07) is 28.5. The lowest BCUT2D eigenvalue weighted by molar-refractivity contribution is 0.251. The van der Waals surface area contributed by atoms with Crippen LogP contribution in [0.1, 0.15) is 48.8 Å². The molecule has 5 rings (SSSR count). The van der Waals surface area contributed by atoms with E-state index in [1.807, 2.05) is 97.9 Å². The zero-order valence-corrected chi connectivity index (χ0v) is 28.2. The number of carbonyl (C=O) groups is 1. The third-order valence-corrected chi connectivity index (χ3v) is 8.31. The fraction of sp³-hybridized carbons (Fsp3) is 0.250. The lowest BCUT2D eigenvalue weighted by Crippen LogP contribution is -2.29. The summed E-state index contributed by atoms with van der Waals surface area (Å²) >= 11 is 3.46. The Bertz CT molecular complexity index is 1880. The highest BCUT2D eigenvalue weighted by molar-refractivity contribution is 9.10. The molecule has 46 heavy (non-hydrogen) atoms. The fourth-order valence-corrected chi connectivity index (χ4v) is 5.34. The van der Waals surface area contributed by atoms with Gasteiger partial charge in [-0.15, -0.1) is 0 Å². The standard InChI is InChI=1S/C36H38BrN5O4/c1-24-19-30(33(37)34(43)41(24)22-25-15-17-29(45-5)18-16-25)46-23-27-12-10-9-11-26(27)21-38-35(44)39-32-20-31(36(2,3)4)40-42(32)28-13-7-6-8-14-28/h6-20H,21-23H2,1-5H3,(H2,38,39,44). The van der Waals surface area contributed by atoms with E-state index in [0.29, 0.717) is 22.6 Å². The Hall–Kier alpha value is -4.83. The van der Waals surface area contributed by atoms with Gasteiger partial charge in [0.25, 0.3) is 5.56 Å². The van der Waals surface area contributed by atoms with Crippen molar-refractivity contribution in [2.45, 2.75) is 52.8 Å². The van der Waals surface area contributed by atoms with Gasteiger partial charge in [0.15, 0.2) is 0 Å². The van der Waals surface area contributed by atoms with Gasteiger partial charge in [0.1, 0.15) is 28.4 Å². The number of nitrogens with zero attached hydrogens (tertiary/aromatic N) is 3. The number of carbonyl (C=O) groups excluding carboxylic acids is 1. The van der Waals surface area contributed by atoms with E-state index in [1.54, 1.807) is 16.4 Å². The highest BCUT2D eigenvalue weighted by Gasteiger charge is 2.22. The van der Waals surface area contributed by atoms with Crippen LogP contribution in [0.15, 0.2) is 100 Å². The van der Waals surface area contributed by atoms with Gasteiger partial charge in [-0.2, -0.15) is 5.10 Å². The van der Waals surface area contributed by atoms with Gasteiger partial charge in [0.05, 0.1) is 25.0 Å². The quantitative estimate of drug-likeness (QED) is 0.160. The van der Waals surface area contributed by atoms with E-state index in [4.69, 9.17) is 14.6 Å². The van der Waals surface area contributed by atoms with Gasteiger partial charge in [-0.05, 0) is 63.8 Å². The summed E-state index contributed by atoms with van der Waals surface area (Å²) in [6.45, 7) is 9.06. The largest absolute Gasteiger partial charge is 0.497 e. The van der Waals surface area contributed by atoms with Crippen molar-refractivity contribution in [3.63, 3.8) is 0 Å². The van der Waals surface area contributed by atoms with Gasteiger partial charge in [-0.3, -0.25) is 10.1 Å². The summed E-state index contributed by atoms with van der Waals surface area (Å²) < 4.78 is 15.2. The predicted molar refractivity (Wildman–Crippen MR) is 184 cm³/mol. The Morgan fingerprint density at radius 2 is 1.61 bits per heavy atom. The van der Waals surface area contributed by atoms with Crippen LogP contribution < -0.4 is 25.7 Å². The molecule has 3 aromatic carbocycles. The molecule has 0 unspecified atom stereocenters.